The molecule has 2 aliphatic heterocycles. The first-order valence-corrected chi connectivity index (χ1v) is 9.26. The quantitative estimate of drug-likeness (QED) is 0.788. The third-order valence-corrected chi connectivity index (χ3v) is 4.92. The van der Waals surface area contributed by atoms with E-state index in [-0.39, 0.29) is 12.0 Å². The molecule has 1 amide bonds. The summed E-state index contributed by atoms with van der Waals surface area (Å²) in [7, 11) is 2.03. The number of nitrogens with one attached hydrogen (secondary N) is 2. The predicted molar refractivity (Wildman–Crippen MR) is 98.1 cm³/mol. The van der Waals surface area contributed by atoms with Crippen LogP contribution in [-0.2, 0) is 9.53 Å². The average Bonchev–Trinajstić information content (AvgIpc) is 3.15. The third-order valence-electron chi connectivity index (χ3n) is 4.92. The van der Waals surface area contributed by atoms with Crippen molar-refractivity contribution >= 4 is 11.6 Å². The van der Waals surface area contributed by atoms with Gasteiger partial charge < -0.3 is 20.1 Å². The SMILES string of the molecule is CN(CC(=O)Nc1ccc(OCC2CCCO2)cc1)C1CCNCC1. The van der Waals surface area contributed by atoms with Crippen LogP contribution in [0.4, 0.5) is 5.69 Å². The molecule has 3 rings (SSSR count). The first-order valence-electron chi connectivity index (χ1n) is 9.26. The van der Waals surface area contributed by atoms with Gasteiger partial charge in [0.25, 0.3) is 0 Å². The van der Waals surface area contributed by atoms with Crippen molar-refractivity contribution in [2.75, 3.05) is 45.2 Å². The van der Waals surface area contributed by atoms with Crippen molar-refractivity contribution in [3.05, 3.63) is 24.3 Å². The van der Waals surface area contributed by atoms with Gasteiger partial charge in [0.2, 0.25) is 5.91 Å². The number of amides is 1. The Balaban J connectivity index is 1.41. The Morgan fingerprint density at radius 3 is 2.72 bits per heavy atom. The minimum atomic E-state index is 0.0223. The van der Waals surface area contributed by atoms with Gasteiger partial charge >= 0.3 is 0 Å². The normalized spacial score (nSPS) is 21.4. The minimum absolute atomic E-state index is 0.0223. The molecular weight excluding hydrogens is 318 g/mol. The lowest BCUT2D eigenvalue weighted by Crippen LogP contribution is -2.44. The van der Waals surface area contributed by atoms with Crippen LogP contribution in [0.5, 0.6) is 5.75 Å². The monoisotopic (exact) mass is 347 g/mol. The maximum Gasteiger partial charge on any atom is 0.238 e. The molecule has 1 unspecified atom stereocenters. The Kier molecular flexibility index (Phi) is 6.67. The molecule has 2 aliphatic rings. The summed E-state index contributed by atoms with van der Waals surface area (Å²) in [6, 6.07) is 8.03. The van der Waals surface area contributed by atoms with E-state index in [2.05, 4.69) is 15.5 Å². The fraction of sp³-hybridized carbons (Fsp3) is 0.632. The molecule has 2 saturated heterocycles. The molecule has 6 nitrogen and oxygen atoms in total. The van der Waals surface area contributed by atoms with Gasteiger partial charge in [-0.3, -0.25) is 9.69 Å². The second-order valence-electron chi connectivity index (χ2n) is 6.91. The molecule has 138 valence electrons. The van der Waals surface area contributed by atoms with Crippen LogP contribution in [0, 0.1) is 0 Å². The van der Waals surface area contributed by atoms with Gasteiger partial charge in [-0.15, -0.1) is 0 Å². The number of rotatable bonds is 7. The Labute approximate surface area is 149 Å². The van der Waals surface area contributed by atoms with Crippen molar-refractivity contribution in [1.29, 1.82) is 0 Å². The van der Waals surface area contributed by atoms with Crippen LogP contribution in [0.15, 0.2) is 24.3 Å². The summed E-state index contributed by atoms with van der Waals surface area (Å²) < 4.78 is 11.3. The summed E-state index contributed by atoms with van der Waals surface area (Å²) in [4.78, 5) is 14.4. The van der Waals surface area contributed by atoms with Crippen LogP contribution in [0.1, 0.15) is 25.7 Å². The van der Waals surface area contributed by atoms with E-state index in [1.165, 1.54) is 0 Å². The molecule has 2 fully saturated rings. The lowest BCUT2D eigenvalue weighted by molar-refractivity contribution is -0.117. The molecule has 6 heteroatoms. The van der Waals surface area contributed by atoms with E-state index in [1.807, 2.05) is 31.3 Å². The smallest absolute Gasteiger partial charge is 0.238 e. The number of carbonyl (C=O) groups is 1. The number of piperidine rings is 1. The molecule has 1 aromatic rings. The van der Waals surface area contributed by atoms with Crippen molar-refractivity contribution < 1.29 is 14.3 Å². The lowest BCUT2D eigenvalue weighted by Gasteiger charge is -2.31. The summed E-state index contributed by atoms with van der Waals surface area (Å²) in [5.41, 5.74) is 0.799. The van der Waals surface area contributed by atoms with Gasteiger partial charge in [0.05, 0.1) is 12.6 Å². The van der Waals surface area contributed by atoms with Crippen LogP contribution >= 0.6 is 0 Å². The first-order chi connectivity index (χ1) is 12.2. The van der Waals surface area contributed by atoms with Gasteiger partial charge in [-0.1, -0.05) is 0 Å². The Hall–Kier alpha value is -1.63. The Bertz CT molecular complexity index is 537. The van der Waals surface area contributed by atoms with Crippen molar-refractivity contribution in [2.24, 2.45) is 0 Å². The zero-order valence-electron chi connectivity index (χ0n) is 15.0. The topological polar surface area (TPSA) is 62.8 Å². The summed E-state index contributed by atoms with van der Waals surface area (Å²) in [6.45, 7) is 3.91. The molecule has 25 heavy (non-hydrogen) atoms. The third kappa shape index (κ3) is 5.70. The van der Waals surface area contributed by atoms with Crippen molar-refractivity contribution in [3.63, 3.8) is 0 Å². The molecule has 1 atom stereocenters. The van der Waals surface area contributed by atoms with Gasteiger partial charge in [0, 0.05) is 18.3 Å². The number of anilines is 1. The summed E-state index contributed by atoms with van der Waals surface area (Å²) in [5, 5.41) is 6.31. The van der Waals surface area contributed by atoms with Crippen LogP contribution in [0.2, 0.25) is 0 Å². The van der Waals surface area contributed by atoms with Gasteiger partial charge in [0.1, 0.15) is 12.4 Å². The lowest BCUT2D eigenvalue weighted by atomic mass is 10.1. The molecular formula is C19H29N3O3. The zero-order valence-corrected chi connectivity index (χ0v) is 15.0. The van der Waals surface area contributed by atoms with E-state index in [4.69, 9.17) is 9.47 Å². The fourth-order valence-electron chi connectivity index (χ4n) is 3.40. The van der Waals surface area contributed by atoms with Gasteiger partial charge in [-0.25, -0.2) is 0 Å². The van der Waals surface area contributed by atoms with Gasteiger partial charge in [-0.05, 0) is 70.1 Å². The van der Waals surface area contributed by atoms with Crippen LogP contribution in [0.3, 0.4) is 0 Å². The highest BCUT2D eigenvalue weighted by molar-refractivity contribution is 5.92. The first kappa shape index (κ1) is 18.2. The predicted octanol–water partition coefficient (Wildman–Crippen LogP) is 1.87. The van der Waals surface area contributed by atoms with Crippen molar-refractivity contribution in [1.82, 2.24) is 10.2 Å². The molecule has 0 radical (unpaired) electrons. The maximum atomic E-state index is 12.2. The molecule has 2 heterocycles. The van der Waals surface area contributed by atoms with E-state index >= 15 is 0 Å². The van der Waals surface area contributed by atoms with E-state index in [1.54, 1.807) is 0 Å². The van der Waals surface area contributed by atoms with Crippen molar-refractivity contribution in [2.45, 2.75) is 37.8 Å². The molecule has 1 aromatic carbocycles. The van der Waals surface area contributed by atoms with Crippen LogP contribution in [0.25, 0.3) is 0 Å². The number of nitrogens with zero attached hydrogens (tertiary/aromatic N) is 1. The Morgan fingerprint density at radius 2 is 2.04 bits per heavy atom. The summed E-state index contributed by atoms with van der Waals surface area (Å²) in [6.07, 6.45) is 4.59. The number of ether oxygens (including phenoxy) is 2. The zero-order chi connectivity index (χ0) is 17.5. The molecule has 0 bridgehead atoms. The average molecular weight is 347 g/mol. The molecule has 0 aliphatic carbocycles. The van der Waals surface area contributed by atoms with E-state index in [9.17, 15) is 4.79 Å². The second kappa shape index (κ2) is 9.17. The maximum absolute atomic E-state index is 12.2. The van der Waals surface area contributed by atoms with E-state index in [0.717, 1.165) is 56.8 Å². The number of hydrogen-bond donors (Lipinski definition) is 2. The highest BCUT2D eigenvalue weighted by Gasteiger charge is 2.19. The van der Waals surface area contributed by atoms with Crippen LogP contribution in [-0.4, -0.2) is 62.8 Å². The molecule has 2 N–H and O–H groups in total. The molecule has 0 saturated carbocycles. The number of benzene rings is 1. The number of carbonyl (C=O) groups excluding carboxylic acids is 1. The number of hydrogen-bond acceptors (Lipinski definition) is 5. The standard InChI is InChI=1S/C19H29N3O3/c1-22(16-8-10-20-11-9-16)13-19(23)21-15-4-6-17(7-5-15)25-14-18-3-2-12-24-18/h4-7,16,18,20H,2-3,8-14H2,1H3,(H,21,23). The second-order valence-corrected chi connectivity index (χ2v) is 6.91. The molecule has 0 spiro atoms. The minimum Gasteiger partial charge on any atom is -0.491 e. The Morgan fingerprint density at radius 1 is 1.28 bits per heavy atom. The number of likely N-dealkylation sites (N-methyl/N-ethyl adjacent to an activating group) is 1. The van der Waals surface area contributed by atoms with Crippen LogP contribution < -0.4 is 15.4 Å². The van der Waals surface area contributed by atoms with Gasteiger partial charge in [-0.2, -0.15) is 0 Å². The summed E-state index contributed by atoms with van der Waals surface area (Å²) in [5.74, 6) is 0.828. The highest BCUT2D eigenvalue weighted by atomic mass is 16.5. The van der Waals surface area contributed by atoms with Crippen molar-refractivity contribution in [3.8, 4) is 5.75 Å². The molecule has 0 aromatic heterocycles. The summed E-state index contributed by atoms with van der Waals surface area (Å²) >= 11 is 0. The van der Waals surface area contributed by atoms with Gasteiger partial charge in [0.15, 0.2) is 0 Å². The van der Waals surface area contributed by atoms with E-state index < -0.39 is 0 Å². The van der Waals surface area contributed by atoms with E-state index in [0.29, 0.717) is 19.2 Å². The largest absolute Gasteiger partial charge is 0.491 e. The highest BCUT2D eigenvalue weighted by Crippen LogP contribution is 2.18. The fourth-order valence-corrected chi connectivity index (χ4v) is 3.40.